The number of methoxy groups -OCH3 is 1. The normalized spacial score (nSPS) is 15.3. The molecule has 0 heterocycles. The fourth-order valence-electron chi connectivity index (χ4n) is 0.777. The van der Waals surface area contributed by atoms with E-state index in [9.17, 15) is 0 Å². The maximum absolute atomic E-state index is 5.87. The van der Waals surface area contributed by atoms with Crippen molar-refractivity contribution in [1.29, 1.82) is 0 Å². The van der Waals surface area contributed by atoms with Gasteiger partial charge in [0.1, 0.15) is 5.50 Å². The molecular formula is C10H19ClN2O. The molecule has 0 radical (unpaired) electrons. The molecule has 0 aliphatic heterocycles. The summed E-state index contributed by atoms with van der Waals surface area (Å²) >= 11 is 5.87. The second-order valence-corrected chi connectivity index (χ2v) is 3.68. The molecule has 0 aliphatic carbocycles. The molecule has 0 amide bonds. The second-order valence-electron chi connectivity index (χ2n) is 3.05. The zero-order valence-corrected chi connectivity index (χ0v) is 10.3. The highest BCUT2D eigenvalue weighted by atomic mass is 35.5. The van der Waals surface area contributed by atoms with Gasteiger partial charge in [-0.1, -0.05) is 18.5 Å². The third kappa shape index (κ3) is 5.12. The minimum atomic E-state index is -0.104. The van der Waals surface area contributed by atoms with E-state index in [0.717, 1.165) is 17.9 Å². The molecule has 14 heavy (non-hydrogen) atoms. The van der Waals surface area contributed by atoms with Crippen LogP contribution in [0.25, 0.3) is 0 Å². The van der Waals surface area contributed by atoms with Gasteiger partial charge in [-0.2, -0.15) is 5.10 Å². The molecule has 0 aliphatic rings. The number of hydrazone groups is 1. The summed E-state index contributed by atoms with van der Waals surface area (Å²) in [5.74, 6) is 0.848. The monoisotopic (exact) mass is 218 g/mol. The summed E-state index contributed by atoms with van der Waals surface area (Å²) in [6.45, 7) is 5.82. The van der Waals surface area contributed by atoms with Crippen LogP contribution in [0.2, 0.25) is 0 Å². The van der Waals surface area contributed by atoms with E-state index in [1.807, 2.05) is 33.9 Å². The predicted octanol–water partition coefficient (Wildman–Crippen LogP) is 2.82. The van der Waals surface area contributed by atoms with Crippen LogP contribution in [-0.4, -0.2) is 30.4 Å². The molecule has 1 unspecified atom stereocenters. The lowest BCUT2D eigenvalue weighted by atomic mass is 10.2. The number of allylic oxidation sites excluding steroid dienone is 2. The first-order chi connectivity index (χ1) is 6.51. The fourth-order valence-corrected chi connectivity index (χ4v) is 0.821. The van der Waals surface area contributed by atoms with Gasteiger partial charge in [0.2, 0.25) is 0 Å². The maximum Gasteiger partial charge on any atom is 0.117 e. The number of hydrogen-bond donors (Lipinski definition) is 0. The molecule has 0 aromatic carbocycles. The summed E-state index contributed by atoms with van der Waals surface area (Å²) in [6, 6.07) is 0. The molecule has 0 spiro atoms. The maximum atomic E-state index is 5.87. The van der Waals surface area contributed by atoms with E-state index >= 15 is 0 Å². The van der Waals surface area contributed by atoms with Crippen molar-refractivity contribution >= 4 is 17.3 Å². The van der Waals surface area contributed by atoms with Crippen LogP contribution in [-0.2, 0) is 4.74 Å². The highest BCUT2D eigenvalue weighted by Gasteiger charge is 2.02. The summed E-state index contributed by atoms with van der Waals surface area (Å²) in [6.07, 6.45) is 2.77. The number of rotatable bonds is 5. The van der Waals surface area contributed by atoms with Crippen LogP contribution < -0.4 is 0 Å². The van der Waals surface area contributed by atoms with Crippen molar-refractivity contribution < 1.29 is 4.74 Å². The molecular weight excluding hydrogens is 200 g/mol. The summed E-state index contributed by atoms with van der Waals surface area (Å²) in [7, 11) is 3.50. The molecule has 0 aromatic rings. The van der Waals surface area contributed by atoms with E-state index in [-0.39, 0.29) is 5.50 Å². The van der Waals surface area contributed by atoms with Crippen LogP contribution >= 0.6 is 11.6 Å². The van der Waals surface area contributed by atoms with Crippen molar-refractivity contribution in [2.24, 2.45) is 5.10 Å². The Morgan fingerprint density at radius 3 is 2.57 bits per heavy atom. The smallest absolute Gasteiger partial charge is 0.117 e. The van der Waals surface area contributed by atoms with Gasteiger partial charge in [0.15, 0.2) is 0 Å². The first-order valence-corrected chi connectivity index (χ1v) is 5.11. The average molecular weight is 219 g/mol. The molecule has 82 valence electrons. The van der Waals surface area contributed by atoms with Gasteiger partial charge in [0.05, 0.1) is 18.6 Å². The minimum Gasteiger partial charge on any atom is -0.501 e. The van der Waals surface area contributed by atoms with Crippen LogP contribution in [0, 0.1) is 0 Å². The first kappa shape index (κ1) is 13.3. The summed E-state index contributed by atoms with van der Waals surface area (Å²) in [5, 5.41) is 6.07. The van der Waals surface area contributed by atoms with Gasteiger partial charge in [-0.05, 0) is 26.3 Å². The Balaban J connectivity index is 4.55. The Morgan fingerprint density at radius 1 is 1.64 bits per heavy atom. The molecule has 1 atom stereocenters. The van der Waals surface area contributed by atoms with Crippen molar-refractivity contribution in [2.75, 3.05) is 14.2 Å². The standard InChI is InChI=1S/C10H19ClN2O/c1-6-10(7-8(2)14-5)12-13(4)9(3)11/h7,9H,6H2,1-5H3/b8-7+,12-10+. The van der Waals surface area contributed by atoms with Crippen LogP contribution in [0.4, 0.5) is 0 Å². The number of ether oxygens (including phenoxy) is 1. The van der Waals surface area contributed by atoms with Crippen molar-refractivity contribution in [3.63, 3.8) is 0 Å². The lowest BCUT2D eigenvalue weighted by molar-refractivity contribution is 0.294. The molecule has 4 heteroatoms. The first-order valence-electron chi connectivity index (χ1n) is 4.67. The van der Waals surface area contributed by atoms with Crippen molar-refractivity contribution in [3.05, 3.63) is 11.8 Å². The molecule has 3 nitrogen and oxygen atoms in total. The quantitative estimate of drug-likeness (QED) is 0.233. The van der Waals surface area contributed by atoms with Crippen LogP contribution in [0.15, 0.2) is 16.9 Å². The molecule has 0 saturated heterocycles. The van der Waals surface area contributed by atoms with Crippen LogP contribution in [0.1, 0.15) is 27.2 Å². The second kappa shape index (κ2) is 6.71. The largest absolute Gasteiger partial charge is 0.501 e. The molecule has 0 aromatic heterocycles. The predicted molar refractivity (Wildman–Crippen MR) is 61.6 cm³/mol. The Bertz CT molecular complexity index is 224. The fraction of sp³-hybridized carbons (Fsp3) is 0.700. The molecule has 0 fully saturated rings. The number of nitrogens with zero attached hydrogens (tertiary/aromatic N) is 2. The van der Waals surface area contributed by atoms with Crippen molar-refractivity contribution in [2.45, 2.75) is 32.7 Å². The Kier molecular flexibility index (Phi) is 6.37. The SMILES string of the molecule is CCC(/C=C(\C)OC)=N\N(C)C(C)Cl. The summed E-state index contributed by atoms with van der Waals surface area (Å²) < 4.78 is 5.05. The van der Waals surface area contributed by atoms with Gasteiger partial charge >= 0.3 is 0 Å². The highest BCUT2D eigenvalue weighted by molar-refractivity contribution is 6.20. The summed E-state index contributed by atoms with van der Waals surface area (Å²) in [4.78, 5) is 0. The number of halogens is 1. The lowest BCUT2D eigenvalue weighted by Gasteiger charge is -2.16. The van der Waals surface area contributed by atoms with Crippen molar-refractivity contribution in [3.8, 4) is 0 Å². The zero-order valence-electron chi connectivity index (χ0n) is 9.54. The lowest BCUT2D eigenvalue weighted by Crippen LogP contribution is -2.19. The van der Waals surface area contributed by atoms with E-state index in [0.29, 0.717) is 0 Å². The van der Waals surface area contributed by atoms with E-state index in [2.05, 4.69) is 5.10 Å². The van der Waals surface area contributed by atoms with Gasteiger partial charge in [-0.3, -0.25) is 5.01 Å². The van der Waals surface area contributed by atoms with E-state index in [1.165, 1.54) is 0 Å². The van der Waals surface area contributed by atoms with Gasteiger partial charge in [0.25, 0.3) is 0 Å². The van der Waals surface area contributed by atoms with Crippen LogP contribution in [0.5, 0.6) is 0 Å². The molecule has 0 N–H and O–H groups in total. The van der Waals surface area contributed by atoms with E-state index in [4.69, 9.17) is 16.3 Å². The summed E-state index contributed by atoms with van der Waals surface area (Å²) in [5.41, 5.74) is 0.854. The van der Waals surface area contributed by atoms with Gasteiger partial charge in [-0.15, -0.1) is 0 Å². The average Bonchev–Trinajstić information content (AvgIpc) is 2.16. The Morgan fingerprint density at radius 2 is 2.21 bits per heavy atom. The van der Waals surface area contributed by atoms with Gasteiger partial charge < -0.3 is 4.74 Å². The van der Waals surface area contributed by atoms with Gasteiger partial charge in [0, 0.05) is 7.05 Å². The minimum absolute atomic E-state index is 0.104. The topological polar surface area (TPSA) is 24.8 Å². The molecule has 0 rings (SSSR count). The van der Waals surface area contributed by atoms with Crippen molar-refractivity contribution in [1.82, 2.24) is 5.01 Å². The molecule has 0 bridgehead atoms. The van der Waals surface area contributed by atoms with Crippen LogP contribution in [0.3, 0.4) is 0 Å². The Labute approximate surface area is 91.4 Å². The van der Waals surface area contributed by atoms with E-state index < -0.39 is 0 Å². The number of hydrogen-bond acceptors (Lipinski definition) is 3. The third-order valence-corrected chi connectivity index (χ3v) is 2.14. The zero-order chi connectivity index (χ0) is 11.1. The number of alkyl halides is 1. The van der Waals surface area contributed by atoms with Gasteiger partial charge in [-0.25, -0.2) is 0 Å². The highest BCUT2D eigenvalue weighted by Crippen LogP contribution is 2.04. The third-order valence-electron chi connectivity index (χ3n) is 1.86. The molecule has 0 saturated carbocycles. The Hall–Kier alpha value is -0.700. The van der Waals surface area contributed by atoms with E-state index in [1.54, 1.807) is 12.1 Å².